The molecular weight excluding hydrogens is 481 g/mol. The van der Waals surface area contributed by atoms with Crippen LogP contribution in [0.25, 0.3) is 33.3 Å². The molecule has 34 heavy (non-hydrogen) atoms. The van der Waals surface area contributed by atoms with Crippen molar-refractivity contribution < 1.29 is 13.5 Å². The summed E-state index contributed by atoms with van der Waals surface area (Å²) in [7, 11) is 0. The molecule has 1 aliphatic heterocycles. The Hall–Kier alpha value is -3.00. The summed E-state index contributed by atoms with van der Waals surface area (Å²) in [6.45, 7) is 1.72. The number of fused-ring (bicyclic) bond motifs is 1. The van der Waals surface area contributed by atoms with Gasteiger partial charge in [-0.25, -0.2) is 13.8 Å². The normalized spacial score (nSPS) is 14.5. The van der Waals surface area contributed by atoms with Crippen LogP contribution >= 0.6 is 23.2 Å². The van der Waals surface area contributed by atoms with Crippen LogP contribution in [0, 0.1) is 16.8 Å². The van der Waals surface area contributed by atoms with Crippen LogP contribution in [0.5, 0.6) is 0 Å². The highest BCUT2D eigenvalue weighted by Gasteiger charge is 2.25. The average molecular weight is 501 g/mol. The molecule has 5 nitrogen and oxygen atoms in total. The van der Waals surface area contributed by atoms with Crippen LogP contribution in [0.3, 0.4) is 0 Å². The highest BCUT2D eigenvalue weighted by molar-refractivity contribution is 6.39. The zero-order valence-electron chi connectivity index (χ0n) is 17.9. The molecule has 0 radical (unpaired) electrons. The summed E-state index contributed by atoms with van der Waals surface area (Å²) in [5.74, 6) is -1.48. The summed E-state index contributed by atoms with van der Waals surface area (Å²) >= 11 is 12.9. The van der Waals surface area contributed by atoms with Gasteiger partial charge in [0.1, 0.15) is 11.3 Å². The molecule has 2 N–H and O–H groups in total. The number of nitrogens with zero attached hydrogens (tertiary/aromatic N) is 2. The maximum absolute atomic E-state index is 14.9. The second-order valence-electron chi connectivity index (χ2n) is 8.17. The van der Waals surface area contributed by atoms with E-state index in [0.29, 0.717) is 27.1 Å². The van der Waals surface area contributed by atoms with Crippen molar-refractivity contribution in [3.8, 4) is 22.4 Å². The van der Waals surface area contributed by atoms with E-state index >= 15 is 0 Å². The molecular formula is C25H20Cl2F2N4O. The molecule has 0 bridgehead atoms. The Kier molecular flexibility index (Phi) is 6.25. The first kappa shape index (κ1) is 22.8. The van der Waals surface area contributed by atoms with E-state index in [1.807, 2.05) is 0 Å². The molecule has 1 saturated heterocycles. The largest absolute Gasteiger partial charge is 0.618 e. The predicted molar refractivity (Wildman–Crippen MR) is 131 cm³/mol. The van der Waals surface area contributed by atoms with Crippen molar-refractivity contribution >= 4 is 39.9 Å². The van der Waals surface area contributed by atoms with Gasteiger partial charge in [-0.3, -0.25) is 0 Å². The van der Waals surface area contributed by atoms with Crippen LogP contribution in [-0.4, -0.2) is 24.1 Å². The third kappa shape index (κ3) is 4.15. The minimum absolute atomic E-state index is 0.0700. The van der Waals surface area contributed by atoms with Crippen LogP contribution < -0.4 is 15.4 Å². The van der Waals surface area contributed by atoms with Gasteiger partial charge in [-0.05, 0) is 55.8 Å². The van der Waals surface area contributed by atoms with E-state index in [9.17, 15) is 14.0 Å². The third-order valence-corrected chi connectivity index (χ3v) is 6.64. The molecule has 0 atom stereocenters. The molecule has 5 rings (SSSR count). The molecule has 9 heteroatoms. The van der Waals surface area contributed by atoms with Crippen molar-refractivity contribution in [3.63, 3.8) is 0 Å². The molecule has 0 aliphatic carbocycles. The number of piperidine rings is 1. The number of benzene rings is 2. The van der Waals surface area contributed by atoms with Crippen LogP contribution in [0.2, 0.25) is 10.0 Å². The van der Waals surface area contributed by atoms with E-state index in [1.54, 1.807) is 24.3 Å². The minimum atomic E-state index is -0.973. The lowest BCUT2D eigenvalue weighted by molar-refractivity contribution is -0.592. The fourth-order valence-corrected chi connectivity index (χ4v) is 4.94. The van der Waals surface area contributed by atoms with Gasteiger partial charge >= 0.3 is 0 Å². The molecule has 3 heterocycles. The highest BCUT2D eigenvalue weighted by atomic mass is 35.5. The Morgan fingerprint density at radius 3 is 2.44 bits per heavy atom. The molecule has 4 aromatic rings. The number of pyridine rings is 2. The lowest BCUT2D eigenvalue weighted by atomic mass is 9.98. The van der Waals surface area contributed by atoms with Gasteiger partial charge in [0.2, 0.25) is 0 Å². The standard InChI is InChI=1S/C25H20Cl2F2N4O/c26-18-4-2-5-19(27)22(18)25-24-16(9-12-33(25)34)17(15-3-1-6-20(28)23(15)29)13-21(32-24)31-14-7-10-30-11-8-14/h1-6,9,12-14,30H,7-8,10-11H2,(H,31,32). The molecule has 0 saturated carbocycles. The molecule has 0 amide bonds. The molecule has 2 aromatic carbocycles. The van der Waals surface area contributed by atoms with Gasteiger partial charge in [0, 0.05) is 23.1 Å². The van der Waals surface area contributed by atoms with Gasteiger partial charge in [-0.15, -0.1) is 0 Å². The zero-order chi connectivity index (χ0) is 23.8. The Morgan fingerprint density at radius 1 is 1.00 bits per heavy atom. The molecule has 2 aromatic heterocycles. The van der Waals surface area contributed by atoms with E-state index in [1.165, 1.54) is 24.4 Å². The number of halogens is 4. The van der Waals surface area contributed by atoms with Gasteiger partial charge in [-0.2, -0.15) is 4.73 Å². The smallest absolute Gasteiger partial charge is 0.253 e. The first-order valence-electron chi connectivity index (χ1n) is 10.9. The fourth-order valence-electron chi connectivity index (χ4n) is 4.36. The third-order valence-electron chi connectivity index (χ3n) is 6.01. The quantitative estimate of drug-likeness (QED) is 0.268. The van der Waals surface area contributed by atoms with Crippen LogP contribution in [0.4, 0.5) is 14.6 Å². The monoisotopic (exact) mass is 500 g/mol. The Balaban J connectivity index is 1.81. The van der Waals surface area contributed by atoms with Gasteiger partial charge in [0.25, 0.3) is 5.69 Å². The van der Waals surface area contributed by atoms with E-state index in [-0.39, 0.29) is 32.9 Å². The maximum atomic E-state index is 14.9. The number of nitrogens with one attached hydrogen (secondary N) is 2. The van der Waals surface area contributed by atoms with E-state index in [2.05, 4.69) is 10.6 Å². The average Bonchev–Trinajstić information content (AvgIpc) is 2.82. The lowest BCUT2D eigenvalue weighted by Crippen LogP contribution is -2.35. The van der Waals surface area contributed by atoms with Gasteiger partial charge < -0.3 is 15.8 Å². The highest BCUT2D eigenvalue weighted by Crippen LogP contribution is 2.39. The summed E-state index contributed by atoms with van der Waals surface area (Å²) in [5.41, 5.74) is 1.22. The molecule has 1 aliphatic rings. The first-order chi connectivity index (χ1) is 16.4. The summed E-state index contributed by atoms with van der Waals surface area (Å²) in [5, 5.41) is 20.7. The topological polar surface area (TPSA) is 63.9 Å². The predicted octanol–water partition coefficient (Wildman–Crippen LogP) is 5.95. The molecule has 1 fully saturated rings. The number of anilines is 1. The van der Waals surface area contributed by atoms with Crippen LogP contribution in [0.1, 0.15) is 12.8 Å². The van der Waals surface area contributed by atoms with Crippen LogP contribution in [0.15, 0.2) is 54.7 Å². The maximum Gasteiger partial charge on any atom is 0.253 e. The Morgan fingerprint density at radius 2 is 1.71 bits per heavy atom. The van der Waals surface area contributed by atoms with E-state index in [4.69, 9.17) is 28.2 Å². The number of rotatable bonds is 4. The van der Waals surface area contributed by atoms with Crippen LogP contribution in [-0.2, 0) is 0 Å². The summed E-state index contributed by atoms with van der Waals surface area (Å²) in [4.78, 5) is 4.74. The van der Waals surface area contributed by atoms with Crippen molar-refractivity contribution in [1.29, 1.82) is 0 Å². The van der Waals surface area contributed by atoms with Gasteiger partial charge in [0.15, 0.2) is 17.8 Å². The SMILES string of the molecule is [O-][n+]1ccc2c(-c3cccc(F)c3F)cc(NC3CCNCC3)nc2c1-c1c(Cl)cccc1Cl. The molecule has 0 spiro atoms. The number of aromatic nitrogens is 2. The lowest BCUT2D eigenvalue weighted by Gasteiger charge is -2.25. The Bertz CT molecular complexity index is 1370. The molecule has 174 valence electrons. The minimum Gasteiger partial charge on any atom is -0.618 e. The van der Waals surface area contributed by atoms with E-state index in [0.717, 1.165) is 32.0 Å². The summed E-state index contributed by atoms with van der Waals surface area (Å²) in [6.07, 6.45) is 3.05. The van der Waals surface area contributed by atoms with Crippen molar-refractivity contribution in [3.05, 3.63) is 81.6 Å². The van der Waals surface area contributed by atoms with Gasteiger partial charge in [-0.1, -0.05) is 41.4 Å². The van der Waals surface area contributed by atoms with Crippen molar-refractivity contribution in [1.82, 2.24) is 10.3 Å². The van der Waals surface area contributed by atoms with Crippen molar-refractivity contribution in [2.75, 3.05) is 18.4 Å². The van der Waals surface area contributed by atoms with Crippen molar-refractivity contribution in [2.24, 2.45) is 0 Å². The fraction of sp³-hybridized carbons (Fsp3) is 0.200. The summed E-state index contributed by atoms with van der Waals surface area (Å²) in [6, 6.07) is 12.3. The molecule has 0 unspecified atom stereocenters. The second kappa shape index (κ2) is 9.33. The Labute approximate surface area is 204 Å². The van der Waals surface area contributed by atoms with E-state index < -0.39 is 11.6 Å². The van der Waals surface area contributed by atoms with Gasteiger partial charge in [0.05, 0.1) is 15.6 Å². The first-order valence-corrected chi connectivity index (χ1v) is 11.6. The number of hydrogen-bond acceptors (Lipinski definition) is 4. The second-order valence-corrected chi connectivity index (χ2v) is 8.99. The zero-order valence-corrected chi connectivity index (χ0v) is 19.4. The number of hydrogen-bond donors (Lipinski definition) is 2. The summed E-state index contributed by atoms with van der Waals surface area (Å²) < 4.78 is 29.7. The van der Waals surface area contributed by atoms with Crippen molar-refractivity contribution in [2.45, 2.75) is 18.9 Å².